The first-order valence-corrected chi connectivity index (χ1v) is 8.88. The van der Waals surface area contributed by atoms with E-state index in [1.54, 1.807) is 0 Å². The fourth-order valence-corrected chi connectivity index (χ4v) is 2.70. The van der Waals surface area contributed by atoms with Crippen molar-refractivity contribution in [3.63, 3.8) is 0 Å². The van der Waals surface area contributed by atoms with Gasteiger partial charge in [0.1, 0.15) is 12.4 Å². The van der Waals surface area contributed by atoms with Crippen molar-refractivity contribution in [1.82, 2.24) is 5.32 Å². The lowest BCUT2D eigenvalue weighted by molar-refractivity contribution is -0.131. The van der Waals surface area contributed by atoms with Gasteiger partial charge in [-0.2, -0.15) is 0 Å². The van der Waals surface area contributed by atoms with Gasteiger partial charge in [0.15, 0.2) is 0 Å². The van der Waals surface area contributed by atoms with Crippen LogP contribution in [0.5, 0.6) is 5.75 Å². The van der Waals surface area contributed by atoms with Crippen molar-refractivity contribution < 1.29 is 14.4 Å². The van der Waals surface area contributed by atoms with Crippen molar-refractivity contribution in [2.45, 2.75) is 39.5 Å². The summed E-state index contributed by atoms with van der Waals surface area (Å²) >= 11 is 0. The predicted octanol–water partition coefficient (Wildman–Crippen LogP) is 3.68. The molecule has 5 heteroatoms. The second-order valence-corrected chi connectivity index (χ2v) is 6.64. The summed E-state index contributed by atoms with van der Waals surface area (Å²) < 4.78 is 5.92. The van der Waals surface area contributed by atoms with Gasteiger partial charge in [-0.1, -0.05) is 67.5 Å². The number of rotatable bonds is 7. The zero-order valence-corrected chi connectivity index (χ0v) is 15.1. The molecule has 5 nitrogen and oxygen atoms in total. The number of hydrogen-bond acceptors (Lipinski definition) is 4. The number of amides is 1. The summed E-state index contributed by atoms with van der Waals surface area (Å²) in [6.45, 7) is 4.97. The van der Waals surface area contributed by atoms with Gasteiger partial charge >= 0.3 is 0 Å². The lowest BCUT2D eigenvalue weighted by Gasteiger charge is -2.14. The Bertz CT molecular complexity index is 772. The molecule has 0 saturated heterocycles. The van der Waals surface area contributed by atoms with E-state index in [9.17, 15) is 4.79 Å². The number of carbonyl (C=O) groups excluding carboxylic acids is 1. The van der Waals surface area contributed by atoms with Crippen molar-refractivity contribution >= 4 is 11.6 Å². The number of nitrogens with zero attached hydrogens (tertiary/aromatic N) is 1. The third kappa shape index (κ3) is 4.63. The third-order valence-corrected chi connectivity index (χ3v) is 4.31. The van der Waals surface area contributed by atoms with Gasteiger partial charge in [0.05, 0.1) is 5.71 Å². The van der Waals surface area contributed by atoms with E-state index in [0.29, 0.717) is 25.5 Å². The van der Waals surface area contributed by atoms with Gasteiger partial charge in [0.2, 0.25) is 6.10 Å². The Kier molecular flexibility index (Phi) is 5.89. The minimum absolute atomic E-state index is 0.151. The van der Waals surface area contributed by atoms with Crippen LogP contribution in [-0.4, -0.2) is 17.7 Å². The molecule has 2 aromatic carbocycles. The molecule has 1 N–H and O–H groups in total. The van der Waals surface area contributed by atoms with E-state index in [-0.39, 0.29) is 5.91 Å². The number of benzene rings is 2. The molecule has 0 radical (unpaired) electrons. The molecule has 0 saturated carbocycles. The van der Waals surface area contributed by atoms with Gasteiger partial charge in [-0.05, 0) is 17.5 Å². The Hall–Kier alpha value is -2.82. The average molecular weight is 352 g/mol. The Labute approximate surface area is 154 Å². The summed E-state index contributed by atoms with van der Waals surface area (Å²) in [6.07, 6.45) is 0.0140. The van der Waals surface area contributed by atoms with Crippen LogP contribution in [0, 0.1) is 5.92 Å². The lowest BCUT2D eigenvalue weighted by atomic mass is 10.0. The Balaban J connectivity index is 1.54. The van der Waals surface area contributed by atoms with Crippen molar-refractivity contribution in [3.05, 3.63) is 65.7 Å². The van der Waals surface area contributed by atoms with Crippen LogP contribution < -0.4 is 10.1 Å². The SMILES string of the molecule is CC(C)C1=NOC(C(=O)NCc2ccccc2OCc2ccccc2)C1. The van der Waals surface area contributed by atoms with E-state index >= 15 is 0 Å². The first-order chi connectivity index (χ1) is 12.6. The molecule has 0 aromatic heterocycles. The molecule has 1 amide bonds. The van der Waals surface area contributed by atoms with E-state index in [4.69, 9.17) is 9.57 Å². The molecule has 2 aromatic rings. The Morgan fingerprint density at radius 3 is 2.65 bits per heavy atom. The highest BCUT2D eigenvalue weighted by molar-refractivity contribution is 5.93. The Morgan fingerprint density at radius 2 is 1.92 bits per heavy atom. The summed E-state index contributed by atoms with van der Waals surface area (Å²) in [6, 6.07) is 17.7. The van der Waals surface area contributed by atoms with Crippen LogP contribution in [0.3, 0.4) is 0 Å². The second-order valence-electron chi connectivity index (χ2n) is 6.64. The van der Waals surface area contributed by atoms with Crippen LogP contribution in [0.1, 0.15) is 31.4 Å². The van der Waals surface area contributed by atoms with Crippen LogP contribution in [0.4, 0.5) is 0 Å². The molecular formula is C21H24N2O3. The van der Waals surface area contributed by atoms with Crippen LogP contribution in [0.25, 0.3) is 0 Å². The van der Waals surface area contributed by atoms with Gasteiger partial charge in [-0.25, -0.2) is 0 Å². The topological polar surface area (TPSA) is 59.9 Å². The number of oxime groups is 1. The molecule has 1 unspecified atom stereocenters. The number of ether oxygens (including phenoxy) is 1. The maximum absolute atomic E-state index is 12.3. The van der Waals surface area contributed by atoms with Gasteiger partial charge in [0.25, 0.3) is 5.91 Å². The number of carbonyl (C=O) groups is 1. The molecule has 0 fully saturated rings. The van der Waals surface area contributed by atoms with E-state index in [1.807, 2.05) is 68.4 Å². The molecule has 0 spiro atoms. The molecule has 26 heavy (non-hydrogen) atoms. The standard InChI is InChI=1S/C21H24N2O3/c1-15(2)18-12-20(26-23-18)21(24)22-13-17-10-6-7-11-19(17)25-14-16-8-4-3-5-9-16/h3-11,15,20H,12-14H2,1-2H3,(H,22,24). The monoisotopic (exact) mass is 352 g/mol. The first kappa shape index (κ1) is 18.0. The third-order valence-electron chi connectivity index (χ3n) is 4.31. The van der Waals surface area contributed by atoms with Crippen LogP contribution in [-0.2, 0) is 22.8 Å². The largest absolute Gasteiger partial charge is 0.489 e. The number of para-hydroxylation sites is 1. The minimum atomic E-state index is -0.537. The highest BCUT2D eigenvalue weighted by atomic mass is 16.6. The summed E-state index contributed by atoms with van der Waals surface area (Å²) in [4.78, 5) is 17.6. The van der Waals surface area contributed by atoms with E-state index in [1.165, 1.54) is 0 Å². The number of hydrogen-bond donors (Lipinski definition) is 1. The Morgan fingerprint density at radius 1 is 1.19 bits per heavy atom. The van der Waals surface area contributed by atoms with Gasteiger partial charge in [-0.3, -0.25) is 4.79 Å². The summed E-state index contributed by atoms with van der Waals surface area (Å²) in [7, 11) is 0. The summed E-state index contributed by atoms with van der Waals surface area (Å²) in [5, 5.41) is 6.93. The highest BCUT2D eigenvalue weighted by Gasteiger charge is 2.29. The van der Waals surface area contributed by atoms with Crippen LogP contribution in [0.2, 0.25) is 0 Å². The minimum Gasteiger partial charge on any atom is -0.489 e. The summed E-state index contributed by atoms with van der Waals surface area (Å²) in [5.74, 6) is 0.908. The maximum Gasteiger partial charge on any atom is 0.264 e. The molecule has 1 atom stereocenters. The van der Waals surface area contributed by atoms with E-state index in [2.05, 4.69) is 10.5 Å². The highest BCUT2D eigenvalue weighted by Crippen LogP contribution is 2.20. The first-order valence-electron chi connectivity index (χ1n) is 8.88. The zero-order chi connectivity index (χ0) is 18.4. The fourth-order valence-electron chi connectivity index (χ4n) is 2.70. The fraction of sp³-hybridized carbons (Fsp3) is 0.333. The second kappa shape index (κ2) is 8.52. The molecule has 1 heterocycles. The van der Waals surface area contributed by atoms with E-state index in [0.717, 1.165) is 22.6 Å². The quantitative estimate of drug-likeness (QED) is 0.827. The van der Waals surface area contributed by atoms with Gasteiger partial charge < -0.3 is 14.9 Å². The van der Waals surface area contributed by atoms with Gasteiger partial charge in [0, 0.05) is 18.5 Å². The molecular weight excluding hydrogens is 328 g/mol. The molecule has 0 aliphatic carbocycles. The smallest absolute Gasteiger partial charge is 0.264 e. The van der Waals surface area contributed by atoms with Crippen molar-refractivity contribution in [2.75, 3.05) is 0 Å². The number of nitrogens with one attached hydrogen (secondary N) is 1. The normalized spacial score (nSPS) is 16.1. The average Bonchev–Trinajstić information content (AvgIpc) is 3.16. The van der Waals surface area contributed by atoms with Crippen LogP contribution in [0.15, 0.2) is 59.8 Å². The molecule has 3 rings (SSSR count). The van der Waals surface area contributed by atoms with Crippen LogP contribution >= 0.6 is 0 Å². The molecule has 136 valence electrons. The van der Waals surface area contributed by atoms with E-state index < -0.39 is 6.10 Å². The van der Waals surface area contributed by atoms with Crippen molar-refractivity contribution in [1.29, 1.82) is 0 Å². The maximum atomic E-state index is 12.3. The predicted molar refractivity (Wildman–Crippen MR) is 101 cm³/mol. The summed E-state index contributed by atoms with van der Waals surface area (Å²) in [5.41, 5.74) is 2.96. The molecule has 1 aliphatic heterocycles. The zero-order valence-electron chi connectivity index (χ0n) is 15.1. The molecule has 0 bridgehead atoms. The van der Waals surface area contributed by atoms with Crippen molar-refractivity contribution in [3.8, 4) is 5.75 Å². The molecule has 1 aliphatic rings. The van der Waals surface area contributed by atoms with Crippen molar-refractivity contribution in [2.24, 2.45) is 11.1 Å². The van der Waals surface area contributed by atoms with Gasteiger partial charge in [-0.15, -0.1) is 0 Å². The lowest BCUT2D eigenvalue weighted by Crippen LogP contribution is -2.34.